The van der Waals surface area contributed by atoms with Crippen LogP contribution in [0.1, 0.15) is 56.9 Å². The predicted octanol–water partition coefficient (Wildman–Crippen LogP) is 3.27. The van der Waals surface area contributed by atoms with Crippen molar-refractivity contribution in [3.05, 3.63) is 16.6 Å². The molecule has 0 bridgehead atoms. The highest BCUT2D eigenvalue weighted by Gasteiger charge is 2.08. The van der Waals surface area contributed by atoms with Crippen molar-refractivity contribution >= 4 is 11.3 Å². The van der Waals surface area contributed by atoms with Crippen molar-refractivity contribution in [3.63, 3.8) is 0 Å². The largest absolute Gasteiger partial charge is 0.271 e. The first-order chi connectivity index (χ1) is 8.36. The molecule has 0 amide bonds. The van der Waals surface area contributed by atoms with Crippen molar-refractivity contribution in [2.45, 2.75) is 64.3 Å². The summed E-state index contributed by atoms with van der Waals surface area (Å²) in [6.45, 7) is 2.25. The molecule has 98 valence electrons. The highest BCUT2D eigenvalue weighted by Crippen LogP contribution is 2.13. The lowest BCUT2D eigenvalue weighted by Crippen LogP contribution is -2.36. The Morgan fingerprint density at radius 1 is 1.29 bits per heavy atom. The standard InChI is InChI=1S/C13H25N3S/c1-2-3-4-5-6-7-8-12(16-14)11-13-15-9-10-17-13/h9-10,12,16H,2-8,11,14H2,1H3. The molecule has 1 rings (SSSR count). The molecule has 0 aliphatic rings. The van der Waals surface area contributed by atoms with E-state index in [1.807, 2.05) is 11.6 Å². The van der Waals surface area contributed by atoms with E-state index in [2.05, 4.69) is 17.3 Å². The fourth-order valence-electron chi connectivity index (χ4n) is 1.98. The molecule has 1 unspecified atom stereocenters. The molecule has 0 radical (unpaired) electrons. The lowest BCUT2D eigenvalue weighted by Gasteiger charge is -2.14. The lowest BCUT2D eigenvalue weighted by molar-refractivity contribution is 0.459. The molecule has 0 spiro atoms. The Morgan fingerprint density at radius 3 is 2.71 bits per heavy atom. The monoisotopic (exact) mass is 255 g/mol. The van der Waals surface area contributed by atoms with Crippen LogP contribution < -0.4 is 11.3 Å². The summed E-state index contributed by atoms with van der Waals surface area (Å²) in [7, 11) is 0. The first kappa shape index (κ1) is 14.6. The third-order valence-electron chi connectivity index (χ3n) is 3.05. The average Bonchev–Trinajstić information content (AvgIpc) is 2.85. The molecule has 1 heterocycles. The molecule has 0 aliphatic heterocycles. The SMILES string of the molecule is CCCCCCCCC(Cc1nccs1)NN. The van der Waals surface area contributed by atoms with Crippen LogP contribution in [0.4, 0.5) is 0 Å². The first-order valence-corrected chi connectivity index (χ1v) is 7.59. The van der Waals surface area contributed by atoms with Gasteiger partial charge >= 0.3 is 0 Å². The normalized spacial score (nSPS) is 12.8. The van der Waals surface area contributed by atoms with Crippen LogP contribution in [0.3, 0.4) is 0 Å². The summed E-state index contributed by atoms with van der Waals surface area (Å²) < 4.78 is 0. The van der Waals surface area contributed by atoms with Gasteiger partial charge in [-0.1, -0.05) is 45.4 Å². The Labute approximate surface area is 109 Å². The van der Waals surface area contributed by atoms with E-state index in [0.29, 0.717) is 6.04 Å². The lowest BCUT2D eigenvalue weighted by atomic mass is 10.0. The number of hydrogen-bond acceptors (Lipinski definition) is 4. The van der Waals surface area contributed by atoms with E-state index in [9.17, 15) is 0 Å². The topological polar surface area (TPSA) is 50.9 Å². The van der Waals surface area contributed by atoms with Gasteiger partial charge in [0.05, 0.1) is 5.01 Å². The molecule has 0 fully saturated rings. The Hall–Kier alpha value is -0.450. The van der Waals surface area contributed by atoms with Gasteiger partial charge in [0.15, 0.2) is 0 Å². The Morgan fingerprint density at radius 2 is 2.06 bits per heavy atom. The first-order valence-electron chi connectivity index (χ1n) is 6.71. The van der Waals surface area contributed by atoms with Crippen LogP contribution >= 0.6 is 11.3 Å². The summed E-state index contributed by atoms with van der Waals surface area (Å²) in [5.41, 5.74) is 2.91. The fraction of sp³-hybridized carbons (Fsp3) is 0.769. The van der Waals surface area contributed by atoms with Gasteiger partial charge in [-0.2, -0.15) is 0 Å². The molecule has 0 aromatic carbocycles. The van der Waals surface area contributed by atoms with Gasteiger partial charge in [0.2, 0.25) is 0 Å². The maximum Gasteiger partial charge on any atom is 0.0940 e. The summed E-state index contributed by atoms with van der Waals surface area (Å²) in [5, 5.41) is 3.20. The number of hydrazine groups is 1. The van der Waals surface area contributed by atoms with Crippen LogP contribution in [-0.2, 0) is 6.42 Å². The number of nitrogens with two attached hydrogens (primary N) is 1. The zero-order valence-corrected chi connectivity index (χ0v) is 11.6. The molecule has 3 nitrogen and oxygen atoms in total. The zero-order valence-electron chi connectivity index (χ0n) is 10.8. The number of nitrogens with zero attached hydrogens (tertiary/aromatic N) is 1. The predicted molar refractivity (Wildman–Crippen MR) is 74.9 cm³/mol. The summed E-state index contributed by atoms with van der Waals surface area (Å²) in [6.07, 6.45) is 12.0. The van der Waals surface area contributed by atoms with Crippen LogP contribution in [0.2, 0.25) is 0 Å². The number of nitrogens with one attached hydrogen (secondary N) is 1. The van der Waals surface area contributed by atoms with Crippen LogP contribution in [0, 0.1) is 0 Å². The minimum absolute atomic E-state index is 0.382. The fourth-order valence-corrected chi connectivity index (χ4v) is 2.68. The molecule has 4 heteroatoms. The minimum atomic E-state index is 0.382. The number of unbranched alkanes of at least 4 members (excludes halogenated alkanes) is 5. The average molecular weight is 255 g/mol. The molecular formula is C13H25N3S. The zero-order chi connectivity index (χ0) is 12.3. The Bertz CT molecular complexity index is 262. The number of aromatic nitrogens is 1. The number of rotatable bonds is 10. The summed E-state index contributed by atoms with van der Waals surface area (Å²) in [5.74, 6) is 5.58. The second-order valence-electron chi connectivity index (χ2n) is 4.55. The van der Waals surface area contributed by atoms with Crippen LogP contribution in [0.25, 0.3) is 0 Å². The van der Waals surface area contributed by atoms with E-state index in [0.717, 1.165) is 12.8 Å². The Balaban J connectivity index is 2.06. The molecule has 3 N–H and O–H groups in total. The molecule has 0 saturated carbocycles. The molecular weight excluding hydrogens is 230 g/mol. The van der Waals surface area contributed by atoms with Crippen LogP contribution in [0.15, 0.2) is 11.6 Å². The van der Waals surface area contributed by atoms with E-state index in [1.165, 1.54) is 43.5 Å². The van der Waals surface area contributed by atoms with Gasteiger partial charge in [0.1, 0.15) is 0 Å². The van der Waals surface area contributed by atoms with E-state index < -0.39 is 0 Å². The van der Waals surface area contributed by atoms with Crippen molar-refractivity contribution in [1.29, 1.82) is 0 Å². The summed E-state index contributed by atoms with van der Waals surface area (Å²) in [4.78, 5) is 4.30. The summed E-state index contributed by atoms with van der Waals surface area (Å²) in [6, 6.07) is 0.382. The van der Waals surface area contributed by atoms with E-state index >= 15 is 0 Å². The van der Waals surface area contributed by atoms with Crippen molar-refractivity contribution in [1.82, 2.24) is 10.4 Å². The minimum Gasteiger partial charge on any atom is -0.271 e. The maximum atomic E-state index is 5.58. The van der Waals surface area contributed by atoms with Crippen molar-refractivity contribution in [2.24, 2.45) is 5.84 Å². The number of hydrogen-bond donors (Lipinski definition) is 2. The van der Waals surface area contributed by atoms with Crippen molar-refractivity contribution < 1.29 is 0 Å². The molecule has 1 atom stereocenters. The third kappa shape index (κ3) is 6.76. The highest BCUT2D eigenvalue weighted by molar-refractivity contribution is 7.09. The molecule has 0 saturated heterocycles. The molecule has 0 aliphatic carbocycles. The van der Waals surface area contributed by atoms with E-state index in [1.54, 1.807) is 11.3 Å². The molecule has 1 aromatic rings. The quantitative estimate of drug-likeness (QED) is 0.383. The third-order valence-corrected chi connectivity index (χ3v) is 3.85. The maximum absolute atomic E-state index is 5.58. The number of thiazole rings is 1. The van der Waals surface area contributed by atoms with Gasteiger partial charge in [-0.25, -0.2) is 4.98 Å². The van der Waals surface area contributed by atoms with E-state index in [4.69, 9.17) is 5.84 Å². The van der Waals surface area contributed by atoms with Gasteiger partial charge in [0, 0.05) is 24.0 Å². The van der Waals surface area contributed by atoms with Crippen molar-refractivity contribution in [2.75, 3.05) is 0 Å². The summed E-state index contributed by atoms with van der Waals surface area (Å²) >= 11 is 1.71. The molecule has 17 heavy (non-hydrogen) atoms. The van der Waals surface area contributed by atoms with Crippen LogP contribution in [0.5, 0.6) is 0 Å². The second kappa shape index (κ2) is 9.57. The van der Waals surface area contributed by atoms with E-state index in [-0.39, 0.29) is 0 Å². The van der Waals surface area contributed by atoms with Gasteiger partial charge < -0.3 is 0 Å². The second-order valence-corrected chi connectivity index (χ2v) is 5.53. The van der Waals surface area contributed by atoms with Crippen molar-refractivity contribution in [3.8, 4) is 0 Å². The van der Waals surface area contributed by atoms with Gasteiger partial charge in [0.25, 0.3) is 0 Å². The van der Waals surface area contributed by atoms with Crippen LogP contribution in [-0.4, -0.2) is 11.0 Å². The molecule has 1 aromatic heterocycles. The smallest absolute Gasteiger partial charge is 0.0940 e. The Kier molecular flexibility index (Phi) is 8.22. The highest BCUT2D eigenvalue weighted by atomic mass is 32.1. The van der Waals surface area contributed by atoms with Gasteiger partial charge in [-0.15, -0.1) is 11.3 Å². The van der Waals surface area contributed by atoms with Gasteiger partial charge in [-0.3, -0.25) is 11.3 Å². The van der Waals surface area contributed by atoms with Gasteiger partial charge in [-0.05, 0) is 6.42 Å².